The number of hydrogen-bond donors (Lipinski definition) is 1. The first-order chi connectivity index (χ1) is 13.7. The van der Waals surface area contributed by atoms with Crippen molar-refractivity contribution in [1.82, 2.24) is 14.5 Å². The van der Waals surface area contributed by atoms with Gasteiger partial charge < -0.3 is 4.74 Å². The highest BCUT2D eigenvalue weighted by molar-refractivity contribution is 7.89. The predicted octanol–water partition coefficient (Wildman–Crippen LogP) is 3.26. The minimum Gasteiger partial charge on any atom is -0.493 e. The van der Waals surface area contributed by atoms with E-state index in [0.717, 1.165) is 11.9 Å². The molecule has 0 aliphatic heterocycles. The van der Waals surface area contributed by atoms with Crippen LogP contribution < -0.4 is 9.46 Å². The molecule has 0 bridgehead atoms. The highest BCUT2D eigenvalue weighted by atomic mass is 32.2. The van der Waals surface area contributed by atoms with Crippen LogP contribution in [0.15, 0.2) is 60.8 Å². The minimum absolute atomic E-state index is 0.162. The van der Waals surface area contributed by atoms with Gasteiger partial charge in [0.15, 0.2) is 0 Å². The van der Waals surface area contributed by atoms with Crippen LogP contribution in [0.3, 0.4) is 0 Å². The number of nitrogens with zero attached hydrogens (tertiary/aromatic N) is 2. The van der Waals surface area contributed by atoms with Crippen molar-refractivity contribution in [2.24, 2.45) is 5.92 Å². The van der Waals surface area contributed by atoms with Crippen molar-refractivity contribution < 1.29 is 17.9 Å². The Hall–Kier alpha value is -3.13. The van der Waals surface area contributed by atoms with Gasteiger partial charge in [0.05, 0.1) is 24.1 Å². The van der Waals surface area contributed by atoms with Gasteiger partial charge in [-0.3, -0.25) is 4.79 Å². The minimum atomic E-state index is -3.70. The average molecular weight is 413 g/mol. The summed E-state index contributed by atoms with van der Waals surface area (Å²) in [4.78, 5) is 12.6. The number of ether oxygens (including phenoxy) is 1. The van der Waals surface area contributed by atoms with Crippen LogP contribution in [0.25, 0.3) is 16.9 Å². The van der Waals surface area contributed by atoms with Crippen molar-refractivity contribution in [2.45, 2.75) is 13.8 Å². The normalized spacial score (nSPS) is 11.4. The lowest BCUT2D eigenvalue weighted by molar-refractivity contribution is 0.0982. The van der Waals surface area contributed by atoms with Crippen LogP contribution in [-0.4, -0.2) is 37.0 Å². The molecule has 152 valence electrons. The van der Waals surface area contributed by atoms with Gasteiger partial charge in [-0.15, -0.1) is 0 Å². The number of aromatic nitrogens is 2. The van der Waals surface area contributed by atoms with Crippen molar-refractivity contribution in [3.8, 4) is 22.7 Å². The summed E-state index contributed by atoms with van der Waals surface area (Å²) in [7, 11) is -3.70. The maximum Gasteiger partial charge on any atom is 0.268 e. The Morgan fingerprint density at radius 3 is 2.34 bits per heavy atom. The molecule has 0 aliphatic rings. The molecule has 0 unspecified atom stereocenters. The van der Waals surface area contributed by atoms with Gasteiger partial charge in [-0.2, -0.15) is 5.10 Å². The molecular formula is C21H23N3O4S. The van der Waals surface area contributed by atoms with E-state index in [9.17, 15) is 13.2 Å². The standard InChI is InChI=1S/C21H23N3O4S/c1-15(2)14-28-18-11-9-16(10-12-18)20-19(21(25)23-29(3,26)27)13-24(22-20)17-7-5-4-6-8-17/h4-13,15H,14H2,1-3H3,(H,23,25). The Morgan fingerprint density at radius 1 is 1.10 bits per heavy atom. The lowest BCUT2D eigenvalue weighted by Gasteiger charge is -2.09. The van der Waals surface area contributed by atoms with Crippen molar-refractivity contribution in [1.29, 1.82) is 0 Å². The number of carbonyl (C=O) groups excluding carboxylic acids is 1. The van der Waals surface area contributed by atoms with E-state index in [-0.39, 0.29) is 5.56 Å². The fraction of sp³-hybridized carbons (Fsp3) is 0.238. The number of hydrogen-bond acceptors (Lipinski definition) is 5. The van der Waals surface area contributed by atoms with Gasteiger partial charge in [0.2, 0.25) is 10.0 Å². The van der Waals surface area contributed by atoms with E-state index in [0.29, 0.717) is 29.5 Å². The van der Waals surface area contributed by atoms with Gasteiger partial charge >= 0.3 is 0 Å². The van der Waals surface area contributed by atoms with Crippen LogP contribution in [0.1, 0.15) is 24.2 Å². The van der Waals surface area contributed by atoms with Crippen LogP contribution in [-0.2, 0) is 10.0 Å². The van der Waals surface area contributed by atoms with Crippen LogP contribution in [0, 0.1) is 5.92 Å². The predicted molar refractivity (Wildman–Crippen MR) is 112 cm³/mol. The maximum atomic E-state index is 12.6. The molecule has 8 heteroatoms. The van der Waals surface area contributed by atoms with Gasteiger partial charge in [-0.05, 0) is 42.3 Å². The molecule has 0 radical (unpaired) electrons. The Kier molecular flexibility index (Phi) is 6.03. The lowest BCUT2D eigenvalue weighted by Crippen LogP contribution is -2.29. The molecule has 2 aromatic carbocycles. The largest absolute Gasteiger partial charge is 0.493 e. The van der Waals surface area contributed by atoms with E-state index < -0.39 is 15.9 Å². The number of amides is 1. The van der Waals surface area contributed by atoms with Gasteiger partial charge in [0.25, 0.3) is 5.91 Å². The number of benzene rings is 2. The summed E-state index contributed by atoms with van der Waals surface area (Å²) in [5.74, 6) is 0.388. The van der Waals surface area contributed by atoms with Crippen LogP contribution in [0.2, 0.25) is 0 Å². The summed E-state index contributed by atoms with van der Waals surface area (Å²) in [6.45, 7) is 4.73. The molecule has 1 amide bonds. The second-order valence-electron chi connectivity index (χ2n) is 7.10. The van der Waals surface area contributed by atoms with Crippen LogP contribution >= 0.6 is 0 Å². The topological polar surface area (TPSA) is 90.3 Å². The molecule has 7 nitrogen and oxygen atoms in total. The van der Waals surface area contributed by atoms with E-state index in [2.05, 4.69) is 18.9 Å². The number of nitrogens with one attached hydrogen (secondary N) is 1. The summed E-state index contributed by atoms with van der Waals surface area (Å²) < 4.78 is 32.3. The second kappa shape index (κ2) is 8.48. The first-order valence-electron chi connectivity index (χ1n) is 9.13. The van der Waals surface area contributed by atoms with Crippen molar-refractivity contribution in [3.05, 3.63) is 66.4 Å². The molecule has 1 N–H and O–H groups in total. The lowest BCUT2D eigenvalue weighted by atomic mass is 10.1. The SMILES string of the molecule is CC(C)COc1ccc(-c2nn(-c3ccccc3)cc2C(=O)NS(C)(=O)=O)cc1. The second-order valence-corrected chi connectivity index (χ2v) is 8.85. The zero-order valence-electron chi connectivity index (χ0n) is 16.5. The molecule has 0 aliphatic carbocycles. The third-order valence-electron chi connectivity index (χ3n) is 3.97. The smallest absolute Gasteiger partial charge is 0.268 e. The van der Waals surface area contributed by atoms with Crippen molar-refractivity contribution >= 4 is 15.9 Å². The molecule has 0 saturated carbocycles. The summed E-state index contributed by atoms with van der Waals surface area (Å²) in [6.07, 6.45) is 2.46. The molecule has 3 aromatic rings. The molecule has 0 atom stereocenters. The first kappa shape index (κ1) is 20.6. The molecule has 1 aromatic heterocycles. The molecule has 0 spiro atoms. The molecule has 0 fully saturated rings. The van der Waals surface area contributed by atoms with Crippen LogP contribution in [0.4, 0.5) is 0 Å². The van der Waals surface area contributed by atoms with Crippen LogP contribution in [0.5, 0.6) is 5.75 Å². The van der Waals surface area contributed by atoms with Crippen molar-refractivity contribution in [2.75, 3.05) is 12.9 Å². The average Bonchev–Trinajstić information content (AvgIpc) is 3.12. The number of sulfonamides is 1. The van der Waals surface area contributed by atoms with E-state index in [1.54, 1.807) is 28.9 Å². The highest BCUT2D eigenvalue weighted by Crippen LogP contribution is 2.26. The Morgan fingerprint density at radius 2 is 1.76 bits per heavy atom. The third-order valence-corrected chi connectivity index (χ3v) is 4.52. The number of rotatable bonds is 7. The zero-order chi connectivity index (χ0) is 21.0. The van der Waals surface area contributed by atoms with Gasteiger partial charge in [-0.25, -0.2) is 17.8 Å². The molecule has 1 heterocycles. The van der Waals surface area contributed by atoms with Gasteiger partial charge in [0, 0.05) is 11.8 Å². The molecule has 0 saturated heterocycles. The molecule has 3 rings (SSSR count). The Balaban J connectivity index is 1.99. The summed E-state index contributed by atoms with van der Waals surface area (Å²) >= 11 is 0. The van der Waals surface area contributed by atoms with Gasteiger partial charge in [-0.1, -0.05) is 32.0 Å². The zero-order valence-corrected chi connectivity index (χ0v) is 17.3. The number of carbonyl (C=O) groups is 1. The fourth-order valence-corrected chi connectivity index (χ4v) is 3.11. The van der Waals surface area contributed by atoms with E-state index in [4.69, 9.17) is 4.74 Å². The quantitative estimate of drug-likeness (QED) is 0.642. The van der Waals surface area contributed by atoms with Crippen molar-refractivity contribution in [3.63, 3.8) is 0 Å². The molecule has 29 heavy (non-hydrogen) atoms. The molecular weight excluding hydrogens is 390 g/mol. The summed E-state index contributed by atoms with van der Waals surface area (Å²) in [5, 5.41) is 4.53. The van der Waals surface area contributed by atoms with E-state index in [1.165, 1.54) is 6.20 Å². The fourth-order valence-electron chi connectivity index (χ4n) is 2.66. The Bertz CT molecular complexity index is 1090. The third kappa shape index (κ3) is 5.45. The monoisotopic (exact) mass is 413 g/mol. The number of para-hydroxylation sites is 1. The highest BCUT2D eigenvalue weighted by Gasteiger charge is 2.21. The van der Waals surface area contributed by atoms with Gasteiger partial charge in [0.1, 0.15) is 11.4 Å². The van der Waals surface area contributed by atoms with E-state index >= 15 is 0 Å². The Labute approximate surface area is 170 Å². The maximum absolute atomic E-state index is 12.6. The first-order valence-corrected chi connectivity index (χ1v) is 11.0. The summed E-state index contributed by atoms with van der Waals surface area (Å²) in [5.41, 5.74) is 1.97. The summed E-state index contributed by atoms with van der Waals surface area (Å²) in [6, 6.07) is 16.5. The van der Waals surface area contributed by atoms with E-state index in [1.807, 2.05) is 35.1 Å².